The zero-order chi connectivity index (χ0) is 18.7. The Labute approximate surface area is 148 Å². The summed E-state index contributed by atoms with van der Waals surface area (Å²) in [5.74, 6) is -0.339. The summed E-state index contributed by atoms with van der Waals surface area (Å²) in [6.07, 6.45) is 0. The molecule has 0 saturated carbocycles. The van der Waals surface area contributed by atoms with Crippen LogP contribution in [0.1, 0.15) is 21.7 Å². The molecule has 0 aliphatic heterocycles. The van der Waals surface area contributed by atoms with Crippen molar-refractivity contribution in [1.29, 1.82) is 0 Å². The van der Waals surface area contributed by atoms with Crippen LogP contribution in [-0.2, 0) is 0 Å². The molecular weight excluding hydrogens is 342 g/mol. The van der Waals surface area contributed by atoms with Gasteiger partial charge in [0.05, 0.1) is 11.4 Å². The molecule has 8 heteroatoms. The lowest BCUT2D eigenvalue weighted by atomic mass is 10.2. The van der Waals surface area contributed by atoms with Crippen LogP contribution in [0.4, 0.5) is 14.5 Å². The van der Waals surface area contributed by atoms with E-state index in [-0.39, 0.29) is 17.4 Å². The molecule has 1 amide bonds. The van der Waals surface area contributed by atoms with Crippen LogP contribution in [0.5, 0.6) is 5.75 Å². The number of benzene rings is 2. The molecule has 0 aliphatic carbocycles. The number of carbonyl (C=O) groups excluding carboxylic acids is 1. The van der Waals surface area contributed by atoms with Gasteiger partial charge in [0.15, 0.2) is 5.69 Å². The topological polar surface area (TPSA) is 69.0 Å². The van der Waals surface area contributed by atoms with Gasteiger partial charge in [-0.15, -0.1) is 5.10 Å². The molecule has 0 unspecified atom stereocenters. The summed E-state index contributed by atoms with van der Waals surface area (Å²) in [6.45, 7) is 0.776. The zero-order valence-corrected chi connectivity index (χ0v) is 14.1. The van der Waals surface area contributed by atoms with Crippen molar-refractivity contribution in [2.24, 2.45) is 0 Å². The second kappa shape index (κ2) is 7.30. The van der Waals surface area contributed by atoms with E-state index in [4.69, 9.17) is 0 Å². The summed E-state index contributed by atoms with van der Waals surface area (Å²) in [6, 6.07) is 13.3. The molecule has 0 fully saturated rings. The van der Waals surface area contributed by atoms with E-state index in [0.717, 1.165) is 5.56 Å². The minimum Gasteiger partial charge on any atom is -0.435 e. The van der Waals surface area contributed by atoms with Crippen molar-refractivity contribution in [2.45, 2.75) is 20.5 Å². The van der Waals surface area contributed by atoms with Gasteiger partial charge in [-0.3, -0.25) is 4.79 Å². The average Bonchev–Trinajstić information content (AvgIpc) is 2.99. The average molecular weight is 358 g/mol. The number of hydrogen-bond donors (Lipinski definition) is 1. The van der Waals surface area contributed by atoms with Crippen LogP contribution in [0.25, 0.3) is 5.69 Å². The molecule has 0 saturated heterocycles. The van der Waals surface area contributed by atoms with Crippen molar-refractivity contribution >= 4 is 11.6 Å². The third kappa shape index (κ3) is 3.85. The highest BCUT2D eigenvalue weighted by molar-refractivity contribution is 6.03. The molecule has 0 radical (unpaired) electrons. The van der Waals surface area contributed by atoms with E-state index in [1.165, 1.54) is 16.8 Å². The Bertz CT molecular complexity index is 906. The molecule has 26 heavy (non-hydrogen) atoms. The fraction of sp³-hybridized carbons (Fsp3) is 0.167. The normalized spacial score (nSPS) is 10.8. The predicted molar refractivity (Wildman–Crippen MR) is 91.9 cm³/mol. The molecule has 1 N–H and O–H groups in total. The van der Waals surface area contributed by atoms with Crippen LogP contribution >= 0.6 is 0 Å². The molecule has 3 rings (SSSR count). The van der Waals surface area contributed by atoms with Gasteiger partial charge in [-0.25, -0.2) is 4.68 Å². The van der Waals surface area contributed by atoms with Crippen LogP contribution in [-0.4, -0.2) is 27.5 Å². The molecule has 0 spiro atoms. The van der Waals surface area contributed by atoms with Gasteiger partial charge in [0.2, 0.25) is 0 Å². The second-order valence-electron chi connectivity index (χ2n) is 5.63. The van der Waals surface area contributed by atoms with Crippen LogP contribution < -0.4 is 10.1 Å². The third-order valence-electron chi connectivity index (χ3n) is 3.73. The first-order valence-corrected chi connectivity index (χ1v) is 7.79. The van der Waals surface area contributed by atoms with Crippen molar-refractivity contribution in [3.05, 3.63) is 65.5 Å². The highest BCUT2D eigenvalue weighted by Crippen LogP contribution is 2.19. The number of carbonyl (C=O) groups is 1. The first-order chi connectivity index (χ1) is 12.4. The van der Waals surface area contributed by atoms with Gasteiger partial charge in [-0.2, -0.15) is 8.78 Å². The molecule has 1 aromatic heterocycles. The van der Waals surface area contributed by atoms with E-state index in [2.05, 4.69) is 20.4 Å². The fourth-order valence-electron chi connectivity index (χ4n) is 2.38. The lowest BCUT2D eigenvalue weighted by Crippen LogP contribution is -2.14. The lowest BCUT2D eigenvalue weighted by Gasteiger charge is -2.07. The van der Waals surface area contributed by atoms with E-state index < -0.39 is 6.61 Å². The van der Waals surface area contributed by atoms with Gasteiger partial charge in [-0.05, 0) is 50.2 Å². The Morgan fingerprint density at radius 3 is 2.35 bits per heavy atom. The monoisotopic (exact) mass is 358 g/mol. The number of amides is 1. The molecule has 1 heterocycles. The fourth-order valence-corrected chi connectivity index (χ4v) is 2.38. The van der Waals surface area contributed by atoms with Gasteiger partial charge in [0.1, 0.15) is 5.75 Å². The van der Waals surface area contributed by atoms with Crippen LogP contribution in [0.2, 0.25) is 0 Å². The Morgan fingerprint density at radius 1 is 1.08 bits per heavy atom. The maximum absolute atomic E-state index is 12.4. The number of rotatable bonds is 5. The van der Waals surface area contributed by atoms with Crippen molar-refractivity contribution in [2.75, 3.05) is 5.32 Å². The molecule has 0 bridgehead atoms. The molecule has 0 aliphatic rings. The number of ether oxygens (including phenoxy) is 1. The summed E-state index contributed by atoms with van der Waals surface area (Å²) in [5, 5.41) is 10.7. The van der Waals surface area contributed by atoms with Crippen LogP contribution in [0, 0.1) is 13.8 Å². The number of anilines is 1. The SMILES string of the molecule is Cc1ccc(NC(=O)c2nnn(-c3ccc(OC(F)F)cc3)c2C)cc1. The second-order valence-corrected chi connectivity index (χ2v) is 5.63. The summed E-state index contributed by atoms with van der Waals surface area (Å²) < 4.78 is 30.2. The zero-order valence-electron chi connectivity index (χ0n) is 14.1. The number of nitrogens with zero attached hydrogens (tertiary/aromatic N) is 3. The number of halogens is 2. The highest BCUT2D eigenvalue weighted by Gasteiger charge is 2.17. The molecular formula is C18H16F2N4O2. The van der Waals surface area contributed by atoms with Gasteiger partial charge in [0.25, 0.3) is 5.91 Å². The van der Waals surface area contributed by atoms with Crippen LogP contribution in [0.3, 0.4) is 0 Å². The molecule has 6 nitrogen and oxygen atoms in total. The number of hydrogen-bond acceptors (Lipinski definition) is 4. The number of alkyl halides is 2. The quantitative estimate of drug-likeness (QED) is 0.754. The van der Waals surface area contributed by atoms with Gasteiger partial charge < -0.3 is 10.1 Å². The Balaban J connectivity index is 1.78. The van der Waals surface area contributed by atoms with Crippen molar-refractivity contribution in [1.82, 2.24) is 15.0 Å². The molecule has 134 valence electrons. The summed E-state index contributed by atoms with van der Waals surface area (Å²) in [7, 11) is 0. The minimum absolute atomic E-state index is 0.0406. The van der Waals surface area contributed by atoms with Gasteiger partial charge >= 0.3 is 6.61 Å². The molecule has 3 aromatic rings. The summed E-state index contributed by atoms with van der Waals surface area (Å²) in [4.78, 5) is 12.4. The number of aromatic nitrogens is 3. The maximum atomic E-state index is 12.4. The van der Waals surface area contributed by atoms with Gasteiger partial charge in [-0.1, -0.05) is 22.9 Å². The van der Waals surface area contributed by atoms with E-state index in [9.17, 15) is 13.6 Å². The first-order valence-electron chi connectivity index (χ1n) is 7.79. The highest BCUT2D eigenvalue weighted by atomic mass is 19.3. The standard InChI is InChI=1S/C18H16F2N4O2/c1-11-3-5-13(6-4-11)21-17(25)16-12(2)24(23-22-16)14-7-9-15(10-8-14)26-18(19)20/h3-10,18H,1-2H3,(H,21,25). The number of nitrogens with one attached hydrogen (secondary N) is 1. The molecule has 0 atom stereocenters. The minimum atomic E-state index is -2.88. The van der Waals surface area contributed by atoms with E-state index in [1.54, 1.807) is 31.2 Å². The molecule has 2 aromatic carbocycles. The first kappa shape index (κ1) is 17.5. The van der Waals surface area contributed by atoms with Crippen molar-refractivity contribution in [3.8, 4) is 11.4 Å². The maximum Gasteiger partial charge on any atom is 0.387 e. The van der Waals surface area contributed by atoms with E-state index >= 15 is 0 Å². The van der Waals surface area contributed by atoms with E-state index in [1.807, 2.05) is 19.1 Å². The summed E-state index contributed by atoms with van der Waals surface area (Å²) in [5.41, 5.74) is 3.02. The predicted octanol–water partition coefficient (Wildman–Crippen LogP) is 3.74. The summed E-state index contributed by atoms with van der Waals surface area (Å²) >= 11 is 0. The Hall–Kier alpha value is -3.29. The Morgan fingerprint density at radius 2 is 1.73 bits per heavy atom. The lowest BCUT2D eigenvalue weighted by molar-refractivity contribution is -0.0498. The number of aryl methyl sites for hydroxylation is 1. The Kier molecular flexibility index (Phi) is 4.92. The van der Waals surface area contributed by atoms with E-state index in [0.29, 0.717) is 17.1 Å². The van der Waals surface area contributed by atoms with Crippen molar-refractivity contribution < 1.29 is 18.3 Å². The van der Waals surface area contributed by atoms with Crippen molar-refractivity contribution in [3.63, 3.8) is 0 Å². The van der Waals surface area contributed by atoms with Gasteiger partial charge in [0, 0.05) is 5.69 Å². The van der Waals surface area contributed by atoms with Crippen LogP contribution in [0.15, 0.2) is 48.5 Å². The third-order valence-corrected chi connectivity index (χ3v) is 3.73. The largest absolute Gasteiger partial charge is 0.435 e. The smallest absolute Gasteiger partial charge is 0.387 e.